The van der Waals surface area contributed by atoms with E-state index in [-0.39, 0.29) is 0 Å². The van der Waals surface area contributed by atoms with Crippen LogP contribution in [-0.2, 0) is 6.54 Å². The van der Waals surface area contributed by atoms with Gasteiger partial charge in [-0.3, -0.25) is 4.98 Å². The molecule has 0 aliphatic heterocycles. The number of thiazole rings is 1. The molecule has 2 aromatic heterocycles. The molecule has 0 bridgehead atoms. The van der Waals surface area contributed by atoms with Crippen LogP contribution in [0.3, 0.4) is 0 Å². The van der Waals surface area contributed by atoms with Crippen LogP contribution in [0.1, 0.15) is 5.69 Å². The Hall–Kier alpha value is -1.78. The lowest BCUT2D eigenvalue weighted by atomic mass is 10.1. The minimum atomic E-state index is 0.793. The van der Waals surface area contributed by atoms with Crippen LogP contribution < -0.4 is 5.32 Å². The van der Waals surface area contributed by atoms with E-state index in [2.05, 4.69) is 32.8 Å². The molecule has 90 valence electrons. The molecule has 0 aliphatic carbocycles. The maximum Gasteiger partial charge on any atom is 0.142 e. The molecule has 0 radical (unpaired) electrons. The number of hydrogen-bond donors (Lipinski definition) is 1. The summed E-state index contributed by atoms with van der Waals surface area (Å²) < 4.78 is 0. The quantitative estimate of drug-likeness (QED) is 0.781. The predicted octanol–water partition coefficient (Wildman–Crippen LogP) is 3.08. The summed E-state index contributed by atoms with van der Waals surface area (Å²) in [6, 6.07) is 10.3. The zero-order valence-corrected chi connectivity index (χ0v) is 10.9. The number of fused-ring (bicyclic) bond motifs is 1. The molecular formula is C14H13N3S. The fraction of sp³-hybridized carbons (Fsp3) is 0.143. The largest absolute Gasteiger partial charge is 0.314 e. The predicted molar refractivity (Wildman–Crippen MR) is 75.6 cm³/mol. The van der Waals surface area contributed by atoms with Gasteiger partial charge in [-0.15, -0.1) is 11.3 Å². The van der Waals surface area contributed by atoms with Crippen LogP contribution in [0.25, 0.3) is 21.5 Å². The summed E-state index contributed by atoms with van der Waals surface area (Å²) in [6.45, 7) is 0.793. The molecule has 0 saturated carbocycles. The molecule has 3 aromatic rings. The van der Waals surface area contributed by atoms with E-state index in [9.17, 15) is 0 Å². The van der Waals surface area contributed by atoms with Gasteiger partial charge in [-0.2, -0.15) is 0 Å². The van der Waals surface area contributed by atoms with Gasteiger partial charge >= 0.3 is 0 Å². The summed E-state index contributed by atoms with van der Waals surface area (Å²) in [5.74, 6) is 0. The standard InChI is InChI=1S/C14H13N3S/c1-15-8-11-9-18-14(17-11)13-12-5-3-2-4-10(12)6-7-16-13/h2-7,9,15H,8H2,1H3. The van der Waals surface area contributed by atoms with Crippen LogP contribution in [0.15, 0.2) is 41.9 Å². The molecule has 1 N–H and O–H groups in total. The van der Waals surface area contributed by atoms with Crippen molar-refractivity contribution in [2.24, 2.45) is 0 Å². The summed E-state index contributed by atoms with van der Waals surface area (Å²) in [7, 11) is 1.93. The SMILES string of the molecule is CNCc1csc(-c2nccc3ccccc23)n1. The van der Waals surface area contributed by atoms with E-state index in [1.54, 1.807) is 11.3 Å². The van der Waals surface area contributed by atoms with E-state index < -0.39 is 0 Å². The molecule has 2 heterocycles. The third-order valence-corrected chi connectivity index (χ3v) is 3.68. The number of hydrogen-bond acceptors (Lipinski definition) is 4. The van der Waals surface area contributed by atoms with E-state index in [0.717, 1.165) is 28.3 Å². The van der Waals surface area contributed by atoms with Crippen molar-refractivity contribution < 1.29 is 0 Å². The summed E-state index contributed by atoms with van der Waals surface area (Å²) in [5.41, 5.74) is 2.03. The average Bonchev–Trinajstić information content (AvgIpc) is 2.87. The van der Waals surface area contributed by atoms with E-state index >= 15 is 0 Å². The molecule has 0 saturated heterocycles. The summed E-state index contributed by atoms with van der Waals surface area (Å²) in [5, 5.41) is 8.53. The fourth-order valence-electron chi connectivity index (χ4n) is 1.97. The van der Waals surface area contributed by atoms with Crippen LogP contribution in [-0.4, -0.2) is 17.0 Å². The van der Waals surface area contributed by atoms with Crippen LogP contribution in [0.5, 0.6) is 0 Å². The molecule has 0 aliphatic rings. The normalized spacial score (nSPS) is 10.9. The highest BCUT2D eigenvalue weighted by molar-refractivity contribution is 7.13. The van der Waals surface area contributed by atoms with Crippen molar-refractivity contribution in [1.29, 1.82) is 0 Å². The van der Waals surface area contributed by atoms with E-state index in [4.69, 9.17) is 0 Å². The van der Waals surface area contributed by atoms with Gasteiger partial charge in [-0.1, -0.05) is 24.3 Å². The topological polar surface area (TPSA) is 37.8 Å². The van der Waals surface area contributed by atoms with Gasteiger partial charge in [0.15, 0.2) is 0 Å². The second kappa shape index (κ2) is 4.84. The van der Waals surface area contributed by atoms with Crippen molar-refractivity contribution in [2.75, 3.05) is 7.05 Å². The first kappa shape index (κ1) is 11.3. The number of nitrogens with one attached hydrogen (secondary N) is 1. The van der Waals surface area contributed by atoms with Crippen molar-refractivity contribution in [3.8, 4) is 10.7 Å². The van der Waals surface area contributed by atoms with Crippen molar-refractivity contribution in [1.82, 2.24) is 15.3 Å². The summed E-state index contributed by atoms with van der Waals surface area (Å²) in [6.07, 6.45) is 1.84. The Kier molecular flexibility index (Phi) is 3.04. The average molecular weight is 255 g/mol. The van der Waals surface area contributed by atoms with Crippen LogP contribution >= 0.6 is 11.3 Å². The van der Waals surface area contributed by atoms with Crippen molar-refractivity contribution in [3.63, 3.8) is 0 Å². The van der Waals surface area contributed by atoms with Gasteiger partial charge < -0.3 is 5.32 Å². The van der Waals surface area contributed by atoms with Gasteiger partial charge in [-0.05, 0) is 18.5 Å². The Bertz CT molecular complexity index is 670. The Morgan fingerprint density at radius 2 is 2.11 bits per heavy atom. The molecule has 3 nitrogen and oxygen atoms in total. The van der Waals surface area contributed by atoms with Crippen LogP contribution in [0, 0.1) is 0 Å². The van der Waals surface area contributed by atoms with Crippen LogP contribution in [0.4, 0.5) is 0 Å². The lowest BCUT2D eigenvalue weighted by Crippen LogP contribution is -2.04. The Morgan fingerprint density at radius 3 is 3.00 bits per heavy atom. The molecule has 0 atom stereocenters. The van der Waals surface area contributed by atoms with E-state index in [0.29, 0.717) is 0 Å². The third-order valence-electron chi connectivity index (χ3n) is 2.79. The molecule has 0 spiro atoms. The smallest absolute Gasteiger partial charge is 0.142 e. The fourth-order valence-corrected chi connectivity index (χ4v) is 2.80. The van der Waals surface area contributed by atoms with Gasteiger partial charge in [0.1, 0.15) is 10.7 Å². The summed E-state index contributed by atoms with van der Waals surface area (Å²) in [4.78, 5) is 9.09. The number of nitrogens with zero attached hydrogens (tertiary/aromatic N) is 2. The minimum absolute atomic E-state index is 0.793. The molecule has 3 rings (SSSR count). The Balaban J connectivity index is 2.12. The van der Waals surface area contributed by atoms with E-state index in [1.807, 2.05) is 31.4 Å². The van der Waals surface area contributed by atoms with Crippen molar-refractivity contribution in [2.45, 2.75) is 6.54 Å². The molecule has 4 heteroatoms. The Labute approximate surface area is 110 Å². The second-order valence-electron chi connectivity index (χ2n) is 4.06. The molecule has 18 heavy (non-hydrogen) atoms. The minimum Gasteiger partial charge on any atom is -0.314 e. The number of rotatable bonds is 3. The molecular weight excluding hydrogens is 242 g/mol. The van der Waals surface area contributed by atoms with E-state index in [1.165, 1.54) is 5.39 Å². The van der Waals surface area contributed by atoms with Gasteiger partial charge in [0.2, 0.25) is 0 Å². The highest BCUT2D eigenvalue weighted by Gasteiger charge is 2.09. The first-order chi connectivity index (χ1) is 8.88. The highest BCUT2D eigenvalue weighted by atomic mass is 32.1. The third kappa shape index (κ3) is 2.00. The van der Waals surface area contributed by atoms with Gasteiger partial charge in [-0.25, -0.2) is 4.98 Å². The zero-order valence-electron chi connectivity index (χ0n) is 10.1. The van der Waals surface area contributed by atoms with Crippen molar-refractivity contribution >= 4 is 22.1 Å². The molecule has 0 fully saturated rings. The maximum atomic E-state index is 4.61. The molecule has 0 amide bonds. The first-order valence-electron chi connectivity index (χ1n) is 5.81. The van der Waals surface area contributed by atoms with Gasteiger partial charge in [0.05, 0.1) is 5.69 Å². The monoisotopic (exact) mass is 255 g/mol. The first-order valence-corrected chi connectivity index (χ1v) is 6.69. The second-order valence-corrected chi connectivity index (χ2v) is 4.91. The van der Waals surface area contributed by atoms with Gasteiger partial charge in [0.25, 0.3) is 0 Å². The molecule has 0 unspecified atom stereocenters. The number of aromatic nitrogens is 2. The zero-order chi connectivity index (χ0) is 12.4. The van der Waals surface area contributed by atoms with Crippen LogP contribution in [0.2, 0.25) is 0 Å². The lowest BCUT2D eigenvalue weighted by Gasteiger charge is -2.01. The number of benzene rings is 1. The summed E-state index contributed by atoms with van der Waals surface area (Å²) >= 11 is 1.64. The lowest BCUT2D eigenvalue weighted by molar-refractivity contribution is 0.798. The number of pyridine rings is 1. The van der Waals surface area contributed by atoms with Gasteiger partial charge in [0, 0.05) is 23.5 Å². The molecule has 1 aromatic carbocycles. The van der Waals surface area contributed by atoms with Crippen molar-refractivity contribution in [3.05, 3.63) is 47.6 Å². The highest BCUT2D eigenvalue weighted by Crippen LogP contribution is 2.28. The maximum absolute atomic E-state index is 4.61. The Morgan fingerprint density at radius 1 is 1.22 bits per heavy atom.